The zero-order valence-electron chi connectivity index (χ0n) is 15.3. The summed E-state index contributed by atoms with van der Waals surface area (Å²) in [4.78, 5) is 23.3. The molecule has 0 atom stereocenters. The summed E-state index contributed by atoms with van der Waals surface area (Å²) in [6.07, 6.45) is 3.17. The average molecular weight is 365 g/mol. The molecule has 0 aromatic heterocycles. The first-order valence-electron chi connectivity index (χ1n) is 9.15. The van der Waals surface area contributed by atoms with Crippen LogP contribution in [0.15, 0.2) is 60.7 Å². The smallest absolute Gasteiger partial charge is 0.351 e. The summed E-state index contributed by atoms with van der Waals surface area (Å²) < 4.78 is 0. The molecule has 0 unspecified atom stereocenters. The van der Waals surface area contributed by atoms with Crippen molar-refractivity contribution in [2.75, 3.05) is 18.4 Å². The molecule has 0 bridgehead atoms. The summed E-state index contributed by atoms with van der Waals surface area (Å²) in [5, 5.41) is 4.41. The Labute approximate surface area is 158 Å². The maximum Gasteiger partial charge on any atom is 0.430 e. The molecular formula is C21H23N3O3. The minimum Gasteiger partial charge on any atom is -0.351 e. The van der Waals surface area contributed by atoms with Crippen LogP contribution in [-0.2, 0) is 9.68 Å². The van der Waals surface area contributed by atoms with Crippen LogP contribution in [0.3, 0.4) is 0 Å². The lowest BCUT2D eigenvalue weighted by atomic mass is 9.91. The van der Waals surface area contributed by atoms with Gasteiger partial charge in [-0.05, 0) is 43.5 Å². The number of carbonyl (C=O) groups is 1. The molecule has 0 radical (unpaired) electrons. The van der Waals surface area contributed by atoms with E-state index in [0.717, 1.165) is 24.1 Å². The van der Waals surface area contributed by atoms with Crippen LogP contribution >= 0.6 is 0 Å². The lowest BCUT2D eigenvalue weighted by Crippen LogP contribution is -2.45. The van der Waals surface area contributed by atoms with Gasteiger partial charge in [0.1, 0.15) is 5.60 Å². The zero-order valence-corrected chi connectivity index (χ0v) is 15.3. The molecule has 2 heterocycles. The van der Waals surface area contributed by atoms with Crippen molar-refractivity contribution in [3.63, 3.8) is 0 Å². The fraction of sp³-hybridized carbons (Fsp3) is 0.286. The van der Waals surface area contributed by atoms with Gasteiger partial charge in [0, 0.05) is 18.8 Å². The Morgan fingerprint density at radius 3 is 2.52 bits per heavy atom. The SMILES string of the molecule is Cc1ccc(C2=CC3(CCN(OC(=O)Nc4ccccc4)CC3)ON2)cc1. The molecule has 2 aromatic carbocycles. The number of para-hydroxylation sites is 1. The minimum absolute atomic E-state index is 0.351. The van der Waals surface area contributed by atoms with Gasteiger partial charge in [-0.15, -0.1) is 5.06 Å². The van der Waals surface area contributed by atoms with E-state index in [0.29, 0.717) is 18.8 Å². The summed E-state index contributed by atoms with van der Waals surface area (Å²) in [5.74, 6) is 0. The van der Waals surface area contributed by atoms with Gasteiger partial charge < -0.3 is 4.84 Å². The normalized spacial score (nSPS) is 18.6. The van der Waals surface area contributed by atoms with Gasteiger partial charge in [-0.1, -0.05) is 48.0 Å². The quantitative estimate of drug-likeness (QED) is 0.865. The predicted octanol–water partition coefficient (Wildman–Crippen LogP) is 3.87. The summed E-state index contributed by atoms with van der Waals surface area (Å²) in [5.41, 5.74) is 6.76. The number of nitrogens with zero attached hydrogens (tertiary/aromatic N) is 1. The van der Waals surface area contributed by atoms with E-state index < -0.39 is 6.09 Å². The van der Waals surface area contributed by atoms with Crippen molar-refractivity contribution in [1.82, 2.24) is 10.5 Å². The Bertz CT molecular complexity index is 826. The third kappa shape index (κ3) is 4.13. The van der Waals surface area contributed by atoms with E-state index in [9.17, 15) is 4.79 Å². The maximum absolute atomic E-state index is 12.0. The number of aryl methyl sites for hydroxylation is 1. The molecule has 6 nitrogen and oxygen atoms in total. The average Bonchev–Trinajstić information content (AvgIpc) is 3.09. The van der Waals surface area contributed by atoms with E-state index in [-0.39, 0.29) is 5.60 Å². The van der Waals surface area contributed by atoms with Gasteiger partial charge in [0.2, 0.25) is 0 Å². The molecule has 6 heteroatoms. The van der Waals surface area contributed by atoms with Crippen LogP contribution in [0.25, 0.3) is 5.70 Å². The summed E-state index contributed by atoms with van der Waals surface area (Å²) in [6.45, 7) is 3.30. The Morgan fingerprint density at radius 2 is 1.81 bits per heavy atom. The molecule has 27 heavy (non-hydrogen) atoms. The van der Waals surface area contributed by atoms with Crippen molar-refractivity contribution in [2.45, 2.75) is 25.4 Å². The largest absolute Gasteiger partial charge is 0.430 e. The van der Waals surface area contributed by atoms with Crippen molar-refractivity contribution >= 4 is 17.5 Å². The number of amides is 1. The molecular weight excluding hydrogens is 342 g/mol. The second kappa shape index (κ2) is 7.42. The number of piperidine rings is 1. The number of hydrogen-bond acceptors (Lipinski definition) is 5. The monoisotopic (exact) mass is 365 g/mol. The first-order chi connectivity index (χ1) is 13.1. The third-order valence-corrected chi connectivity index (χ3v) is 4.94. The van der Waals surface area contributed by atoms with Crippen LogP contribution in [0.5, 0.6) is 0 Å². The molecule has 4 rings (SSSR count). The zero-order chi connectivity index (χ0) is 18.7. The first kappa shape index (κ1) is 17.6. The van der Waals surface area contributed by atoms with E-state index in [1.807, 2.05) is 30.3 Å². The molecule has 0 aliphatic carbocycles. The lowest BCUT2D eigenvalue weighted by molar-refractivity contribution is -0.153. The van der Waals surface area contributed by atoms with Crippen LogP contribution in [0.2, 0.25) is 0 Å². The number of nitrogens with one attached hydrogen (secondary N) is 2. The standard InChI is InChI=1S/C21H23N3O3/c1-16-7-9-17(10-8-16)19-15-21(27-23-19)11-13-24(14-12-21)26-20(25)22-18-5-3-2-4-6-18/h2-10,15,23H,11-14H2,1H3,(H,22,25). The molecule has 1 amide bonds. The number of hydroxylamine groups is 3. The highest BCUT2D eigenvalue weighted by molar-refractivity contribution is 5.84. The first-order valence-corrected chi connectivity index (χ1v) is 9.15. The number of hydrogen-bond donors (Lipinski definition) is 2. The second-order valence-corrected chi connectivity index (χ2v) is 6.99. The number of benzene rings is 2. The number of anilines is 1. The van der Waals surface area contributed by atoms with E-state index in [1.54, 1.807) is 5.06 Å². The van der Waals surface area contributed by atoms with Crippen LogP contribution in [0.4, 0.5) is 10.5 Å². The third-order valence-electron chi connectivity index (χ3n) is 4.94. The van der Waals surface area contributed by atoms with Crippen LogP contribution in [0.1, 0.15) is 24.0 Å². The van der Waals surface area contributed by atoms with Crippen LogP contribution in [-0.4, -0.2) is 29.8 Å². The van der Waals surface area contributed by atoms with Crippen LogP contribution < -0.4 is 10.8 Å². The Hall–Kier alpha value is -2.83. The Balaban J connectivity index is 1.32. The molecule has 140 valence electrons. The van der Waals surface area contributed by atoms with Gasteiger partial charge in [-0.2, -0.15) is 0 Å². The van der Waals surface area contributed by atoms with Gasteiger partial charge in [-0.3, -0.25) is 15.6 Å². The van der Waals surface area contributed by atoms with E-state index in [2.05, 4.69) is 48.1 Å². The van der Waals surface area contributed by atoms with Gasteiger partial charge in [0.15, 0.2) is 0 Å². The highest BCUT2D eigenvalue weighted by Crippen LogP contribution is 2.34. The maximum atomic E-state index is 12.0. The molecule has 1 fully saturated rings. The lowest BCUT2D eigenvalue weighted by Gasteiger charge is -2.35. The molecule has 2 N–H and O–H groups in total. The summed E-state index contributed by atoms with van der Waals surface area (Å²) >= 11 is 0. The molecule has 2 aliphatic heterocycles. The molecule has 1 saturated heterocycles. The minimum atomic E-state index is -0.474. The van der Waals surface area contributed by atoms with Gasteiger partial charge >= 0.3 is 6.09 Å². The highest BCUT2D eigenvalue weighted by atomic mass is 16.7. The topological polar surface area (TPSA) is 62.8 Å². The van der Waals surface area contributed by atoms with E-state index in [4.69, 9.17) is 9.68 Å². The molecule has 0 saturated carbocycles. The van der Waals surface area contributed by atoms with E-state index >= 15 is 0 Å². The van der Waals surface area contributed by atoms with Crippen molar-refractivity contribution in [1.29, 1.82) is 0 Å². The molecule has 2 aromatic rings. The highest BCUT2D eigenvalue weighted by Gasteiger charge is 2.39. The number of carbonyl (C=O) groups excluding carboxylic acids is 1. The summed E-state index contributed by atoms with van der Waals surface area (Å²) in [6, 6.07) is 17.6. The van der Waals surface area contributed by atoms with Gasteiger partial charge in [0.05, 0.1) is 5.70 Å². The van der Waals surface area contributed by atoms with Crippen LogP contribution in [0, 0.1) is 6.92 Å². The van der Waals surface area contributed by atoms with Crippen molar-refractivity contribution in [3.05, 3.63) is 71.8 Å². The summed E-state index contributed by atoms with van der Waals surface area (Å²) in [7, 11) is 0. The van der Waals surface area contributed by atoms with Gasteiger partial charge in [-0.25, -0.2) is 4.79 Å². The van der Waals surface area contributed by atoms with Gasteiger partial charge in [0.25, 0.3) is 0 Å². The predicted molar refractivity (Wildman–Crippen MR) is 103 cm³/mol. The molecule has 2 aliphatic rings. The van der Waals surface area contributed by atoms with Crippen molar-refractivity contribution in [3.8, 4) is 0 Å². The van der Waals surface area contributed by atoms with Crippen molar-refractivity contribution in [2.24, 2.45) is 0 Å². The van der Waals surface area contributed by atoms with E-state index in [1.165, 1.54) is 5.56 Å². The fourth-order valence-corrected chi connectivity index (χ4v) is 3.34. The Morgan fingerprint density at radius 1 is 1.11 bits per heavy atom. The van der Waals surface area contributed by atoms with Crippen molar-refractivity contribution < 1.29 is 14.5 Å². The number of rotatable bonds is 3. The Kier molecular flexibility index (Phi) is 4.83. The molecule has 1 spiro atoms. The second-order valence-electron chi connectivity index (χ2n) is 6.99. The fourth-order valence-electron chi connectivity index (χ4n) is 3.34.